The molecule has 1 fully saturated rings. The molecule has 2 heterocycles. The van der Waals surface area contributed by atoms with Crippen LogP contribution in [0.3, 0.4) is 0 Å². The lowest BCUT2D eigenvalue weighted by atomic mass is 9.98. The second-order valence-corrected chi connectivity index (χ2v) is 11.3. The molecular formula is C29H33N3O3S2. The number of benzene rings is 2. The molecule has 0 aliphatic carbocycles. The van der Waals surface area contributed by atoms with Crippen LogP contribution >= 0.6 is 24.0 Å². The van der Waals surface area contributed by atoms with Crippen molar-refractivity contribution in [2.24, 2.45) is 5.92 Å². The predicted molar refractivity (Wildman–Crippen MR) is 155 cm³/mol. The van der Waals surface area contributed by atoms with E-state index in [9.17, 15) is 14.4 Å². The minimum Gasteiger partial charge on any atom is -0.324 e. The SMILES string of the molecule is CCCCC(CC)CN1C(=O)/C(=C2\C(=O)N(CC(=O)Nc3cc(C)ccc3C)c3ccccc32)SC1=S. The van der Waals surface area contributed by atoms with Gasteiger partial charge in [-0.15, -0.1) is 0 Å². The standard InChI is InChI=1S/C29H33N3O3S2/c1-5-7-10-20(6-2)16-32-28(35)26(37-29(32)36)25-21-11-8-9-12-23(21)31(27(25)34)17-24(33)30-22-15-18(3)13-14-19(22)4/h8-9,11-15,20H,5-7,10,16-17H2,1-4H3,(H,30,33)/b26-25+. The molecule has 2 aliphatic heterocycles. The fourth-order valence-corrected chi connectivity index (χ4v) is 6.09. The zero-order valence-corrected chi connectivity index (χ0v) is 23.4. The maximum Gasteiger partial charge on any atom is 0.267 e. The molecule has 6 nitrogen and oxygen atoms in total. The molecule has 2 aromatic carbocycles. The Morgan fingerprint density at radius 2 is 1.81 bits per heavy atom. The molecule has 194 valence electrons. The van der Waals surface area contributed by atoms with E-state index in [1.807, 2.05) is 56.3 Å². The number of unbranched alkanes of at least 4 members (excludes halogenated alkanes) is 1. The monoisotopic (exact) mass is 535 g/mol. The van der Waals surface area contributed by atoms with E-state index in [2.05, 4.69) is 19.2 Å². The van der Waals surface area contributed by atoms with Crippen molar-refractivity contribution in [2.75, 3.05) is 23.3 Å². The van der Waals surface area contributed by atoms with Gasteiger partial charge in [0, 0.05) is 17.8 Å². The van der Waals surface area contributed by atoms with E-state index in [1.54, 1.807) is 4.90 Å². The number of hydrogen-bond acceptors (Lipinski definition) is 5. The second-order valence-electron chi connectivity index (χ2n) is 9.68. The summed E-state index contributed by atoms with van der Waals surface area (Å²) in [6, 6.07) is 13.2. The number of aryl methyl sites for hydroxylation is 2. The van der Waals surface area contributed by atoms with Crippen molar-refractivity contribution in [2.45, 2.75) is 53.4 Å². The molecule has 1 atom stereocenters. The van der Waals surface area contributed by atoms with Crippen LogP contribution < -0.4 is 10.2 Å². The average molecular weight is 536 g/mol. The third-order valence-corrected chi connectivity index (χ3v) is 8.40. The van der Waals surface area contributed by atoms with Crippen molar-refractivity contribution >= 4 is 63.0 Å². The number of fused-ring (bicyclic) bond motifs is 1. The van der Waals surface area contributed by atoms with Crippen LogP contribution in [0, 0.1) is 19.8 Å². The van der Waals surface area contributed by atoms with Crippen LogP contribution in [0.2, 0.25) is 0 Å². The van der Waals surface area contributed by atoms with Gasteiger partial charge in [0.25, 0.3) is 11.8 Å². The highest BCUT2D eigenvalue weighted by atomic mass is 32.2. The molecule has 8 heteroatoms. The molecule has 0 saturated carbocycles. The summed E-state index contributed by atoms with van der Waals surface area (Å²) in [7, 11) is 0. The smallest absolute Gasteiger partial charge is 0.267 e. The van der Waals surface area contributed by atoms with Crippen LogP contribution in [0.15, 0.2) is 47.4 Å². The van der Waals surface area contributed by atoms with E-state index in [0.29, 0.717) is 38.5 Å². The quantitative estimate of drug-likeness (QED) is 0.311. The number of thioether (sulfide) groups is 1. The highest BCUT2D eigenvalue weighted by Gasteiger charge is 2.42. The summed E-state index contributed by atoms with van der Waals surface area (Å²) >= 11 is 6.78. The third-order valence-electron chi connectivity index (χ3n) is 6.95. The lowest BCUT2D eigenvalue weighted by molar-refractivity contribution is -0.123. The number of rotatable bonds is 9. The van der Waals surface area contributed by atoms with Crippen molar-refractivity contribution in [1.29, 1.82) is 0 Å². The highest BCUT2D eigenvalue weighted by Crippen LogP contribution is 2.44. The Bertz CT molecular complexity index is 1290. The maximum atomic E-state index is 13.7. The summed E-state index contributed by atoms with van der Waals surface area (Å²) < 4.78 is 0.485. The van der Waals surface area contributed by atoms with E-state index in [-0.39, 0.29) is 24.3 Å². The van der Waals surface area contributed by atoms with Gasteiger partial charge in [0.15, 0.2) is 0 Å². The molecule has 0 bridgehead atoms. The molecule has 1 N–H and O–H groups in total. The summed E-state index contributed by atoms with van der Waals surface area (Å²) in [5.41, 5.74) is 4.31. The first-order valence-electron chi connectivity index (χ1n) is 12.8. The lowest BCUT2D eigenvalue weighted by Gasteiger charge is -2.21. The summed E-state index contributed by atoms with van der Waals surface area (Å²) in [5, 5.41) is 2.93. The molecule has 37 heavy (non-hydrogen) atoms. The van der Waals surface area contributed by atoms with Crippen LogP contribution in [0.1, 0.15) is 56.2 Å². The number of para-hydroxylation sites is 1. The average Bonchev–Trinajstić information content (AvgIpc) is 3.30. The molecule has 0 spiro atoms. The molecule has 1 saturated heterocycles. The van der Waals surface area contributed by atoms with Gasteiger partial charge in [0.2, 0.25) is 5.91 Å². The van der Waals surface area contributed by atoms with Gasteiger partial charge < -0.3 is 5.32 Å². The van der Waals surface area contributed by atoms with Crippen LogP contribution in [0.5, 0.6) is 0 Å². The van der Waals surface area contributed by atoms with Gasteiger partial charge >= 0.3 is 0 Å². The van der Waals surface area contributed by atoms with Gasteiger partial charge in [-0.3, -0.25) is 24.2 Å². The van der Waals surface area contributed by atoms with E-state index in [0.717, 1.165) is 42.5 Å². The number of amides is 3. The first kappa shape index (κ1) is 27.1. The molecule has 1 unspecified atom stereocenters. The summed E-state index contributed by atoms with van der Waals surface area (Å²) in [5.74, 6) is -0.503. The number of anilines is 2. The molecular weight excluding hydrogens is 502 g/mol. The van der Waals surface area contributed by atoms with Crippen LogP contribution in [0.25, 0.3) is 5.57 Å². The van der Waals surface area contributed by atoms with Gasteiger partial charge in [-0.05, 0) is 49.4 Å². The number of thiocarbonyl (C=S) groups is 1. The first-order chi connectivity index (χ1) is 17.7. The Kier molecular flexibility index (Phi) is 8.49. The Labute approximate surface area is 228 Å². The molecule has 0 aromatic heterocycles. The van der Waals surface area contributed by atoms with Gasteiger partial charge in [-0.2, -0.15) is 0 Å². The second kappa shape index (κ2) is 11.6. The van der Waals surface area contributed by atoms with Gasteiger partial charge in [0.1, 0.15) is 10.9 Å². The van der Waals surface area contributed by atoms with Crippen molar-refractivity contribution in [3.63, 3.8) is 0 Å². The zero-order valence-electron chi connectivity index (χ0n) is 21.8. The van der Waals surface area contributed by atoms with E-state index >= 15 is 0 Å². The third kappa shape index (κ3) is 5.65. The van der Waals surface area contributed by atoms with Crippen molar-refractivity contribution in [1.82, 2.24) is 4.90 Å². The van der Waals surface area contributed by atoms with Crippen molar-refractivity contribution in [3.8, 4) is 0 Å². The lowest BCUT2D eigenvalue weighted by Crippen LogP contribution is -2.36. The van der Waals surface area contributed by atoms with Crippen LogP contribution in [-0.4, -0.2) is 40.0 Å². The highest BCUT2D eigenvalue weighted by molar-refractivity contribution is 8.26. The summed E-state index contributed by atoms with van der Waals surface area (Å²) in [4.78, 5) is 43.7. The number of carbonyl (C=O) groups is 3. The number of nitrogens with one attached hydrogen (secondary N) is 1. The van der Waals surface area contributed by atoms with Gasteiger partial charge in [-0.25, -0.2) is 0 Å². The molecule has 4 rings (SSSR count). The normalized spacial score (nSPS) is 18.0. The van der Waals surface area contributed by atoms with Crippen LogP contribution in [0.4, 0.5) is 11.4 Å². The molecule has 2 aliphatic rings. The predicted octanol–water partition coefficient (Wildman–Crippen LogP) is 6.08. The van der Waals surface area contributed by atoms with Crippen LogP contribution in [-0.2, 0) is 14.4 Å². The topological polar surface area (TPSA) is 69.7 Å². The minimum atomic E-state index is -0.351. The number of hydrogen-bond donors (Lipinski definition) is 1. The fourth-order valence-electron chi connectivity index (χ4n) is 4.74. The summed E-state index contributed by atoms with van der Waals surface area (Å²) in [6.45, 7) is 8.60. The van der Waals surface area contributed by atoms with E-state index in [1.165, 1.54) is 16.7 Å². The Hall–Kier alpha value is -2.97. The van der Waals surface area contributed by atoms with Gasteiger partial charge in [0.05, 0.1) is 16.2 Å². The number of nitrogens with zero attached hydrogens (tertiary/aromatic N) is 2. The van der Waals surface area contributed by atoms with Crippen molar-refractivity contribution in [3.05, 3.63) is 64.1 Å². The molecule has 3 amide bonds. The maximum absolute atomic E-state index is 13.7. The number of carbonyl (C=O) groups excluding carboxylic acids is 3. The Morgan fingerprint density at radius 3 is 2.54 bits per heavy atom. The van der Waals surface area contributed by atoms with Crippen molar-refractivity contribution < 1.29 is 14.4 Å². The van der Waals surface area contributed by atoms with Gasteiger partial charge in [-0.1, -0.05) is 87.4 Å². The minimum absolute atomic E-state index is 0.151. The largest absolute Gasteiger partial charge is 0.324 e. The summed E-state index contributed by atoms with van der Waals surface area (Å²) in [6.07, 6.45) is 4.23. The van der Waals surface area contributed by atoms with E-state index < -0.39 is 0 Å². The fraction of sp³-hybridized carbons (Fsp3) is 0.379. The van der Waals surface area contributed by atoms with E-state index in [4.69, 9.17) is 12.2 Å². The molecule has 2 aromatic rings. The Balaban J connectivity index is 1.60. The Morgan fingerprint density at radius 1 is 1.05 bits per heavy atom. The molecule has 0 radical (unpaired) electrons. The first-order valence-corrected chi connectivity index (χ1v) is 14.0. The zero-order chi connectivity index (χ0) is 26.7.